The minimum Gasteiger partial charge on any atom is -0.327 e. The second-order valence-corrected chi connectivity index (χ2v) is 4.61. The molecule has 1 heterocycles. The number of pyridine rings is 1. The van der Waals surface area contributed by atoms with Crippen molar-refractivity contribution in [2.75, 3.05) is 0 Å². The van der Waals surface area contributed by atoms with Crippen LogP contribution in [-0.4, -0.2) is 11.0 Å². The van der Waals surface area contributed by atoms with Crippen molar-refractivity contribution < 1.29 is 0 Å². The van der Waals surface area contributed by atoms with Crippen molar-refractivity contribution in [1.82, 2.24) is 4.98 Å². The minimum absolute atomic E-state index is 0.367. The molecule has 1 saturated carbocycles. The summed E-state index contributed by atoms with van der Waals surface area (Å²) in [5.41, 5.74) is 8.97. The molecule has 2 N–H and O–H groups in total. The number of aryl methyl sites for hydroxylation is 1. The topological polar surface area (TPSA) is 38.9 Å². The molecule has 2 nitrogen and oxygen atoms in total. The molecular weight excluding hydrogens is 172 g/mol. The van der Waals surface area contributed by atoms with Crippen LogP contribution in [0.15, 0.2) is 18.3 Å². The highest BCUT2D eigenvalue weighted by Crippen LogP contribution is 2.42. The fourth-order valence-electron chi connectivity index (χ4n) is 2.63. The van der Waals surface area contributed by atoms with E-state index in [2.05, 4.69) is 11.1 Å². The van der Waals surface area contributed by atoms with Gasteiger partial charge in [-0.15, -0.1) is 0 Å². The summed E-state index contributed by atoms with van der Waals surface area (Å²) in [4.78, 5) is 4.49. The Labute approximate surface area is 84.5 Å². The van der Waals surface area contributed by atoms with Gasteiger partial charge < -0.3 is 5.73 Å². The molecule has 2 heteroatoms. The molecular formula is C12H16N2. The van der Waals surface area contributed by atoms with Gasteiger partial charge in [-0.1, -0.05) is 6.07 Å². The van der Waals surface area contributed by atoms with Crippen LogP contribution in [-0.2, 0) is 6.42 Å². The molecule has 0 aromatic carbocycles. The second kappa shape index (κ2) is 3.06. The number of rotatable bonds is 2. The number of hydrogen-bond donors (Lipinski definition) is 1. The average Bonchev–Trinajstić information content (AvgIpc) is 2.97. The monoisotopic (exact) mass is 188 g/mol. The first-order valence-corrected chi connectivity index (χ1v) is 5.55. The lowest BCUT2D eigenvalue weighted by atomic mass is 9.94. The van der Waals surface area contributed by atoms with Crippen molar-refractivity contribution >= 4 is 0 Å². The van der Waals surface area contributed by atoms with Crippen molar-refractivity contribution in [2.45, 2.75) is 37.6 Å². The van der Waals surface area contributed by atoms with Gasteiger partial charge in [0.25, 0.3) is 0 Å². The van der Waals surface area contributed by atoms with E-state index in [1.165, 1.54) is 36.9 Å². The highest BCUT2D eigenvalue weighted by Gasteiger charge is 2.37. The van der Waals surface area contributed by atoms with Crippen molar-refractivity contribution in [1.29, 1.82) is 0 Å². The van der Waals surface area contributed by atoms with E-state index in [4.69, 9.17) is 5.73 Å². The number of hydrogen-bond acceptors (Lipinski definition) is 2. The van der Waals surface area contributed by atoms with Crippen LogP contribution in [0.2, 0.25) is 0 Å². The summed E-state index contributed by atoms with van der Waals surface area (Å²) in [6.07, 6.45) is 6.95. The molecule has 2 aliphatic rings. The molecule has 0 saturated heterocycles. The number of nitrogens with two attached hydrogens (primary N) is 1. The van der Waals surface area contributed by atoms with Gasteiger partial charge in [0, 0.05) is 23.9 Å². The molecule has 0 bridgehead atoms. The summed E-state index contributed by atoms with van der Waals surface area (Å²) in [7, 11) is 0. The van der Waals surface area contributed by atoms with Crippen LogP contribution < -0.4 is 5.73 Å². The molecule has 1 aromatic heterocycles. The Morgan fingerprint density at radius 1 is 1.36 bits per heavy atom. The Morgan fingerprint density at radius 3 is 3.00 bits per heavy atom. The first kappa shape index (κ1) is 8.42. The maximum atomic E-state index is 6.26. The van der Waals surface area contributed by atoms with E-state index in [0.717, 1.165) is 5.92 Å². The van der Waals surface area contributed by atoms with E-state index in [9.17, 15) is 0 Å². The lowest BCUT2D eigenvalue weighted by molar-refractivity contribution is 0.473. The Balaban J connectivity index is 1.89. The normalized spacial score (nSPS) is 27.4. The molecule has 2 atom stereocenters. The Kier molecular flexibility index (Phi) is 1.84. The molecule has 3 rings (SSSR count). The molecule has 1 aromatic rings. The lowest BCUT2D eigenvalue weighted by Gasteiger charge is -2.18. The molecule has 0 spiro atoms. The van der Waals surface area contributed by atoms with Crippen LogP contribution in [0.1, 0.15) is 36.4 Å². The van der Waals surface area contributed by atoms with E-state index in [1.54, 1.807) is 0 Å². The minimum atomic E-state index is 0.367. The van der Waals surface area contributed by atoms with E-state index < -0.39 is 0 Å². The summed E-state index contributed by atoms with van der Waals surface area (Å²) >= 11 is 0. The predicted octanol–water partition coefficient (Wildman–Crippen LogP) is 1.85. The van der Waals surface area contributed by atoms with E-state index in [1.807, 2.05) is 12.3 Å². The van der Waals surface area contributed by atoms with Gasteiger partial charge in [0.1, 0.15) is 0 Å². The maximum absolute atomic E-state index is 6.26. The molecule has 1 fully saturated rings. The molecule has 0 amide bonds. The highest BCUT2D eigenvalue weighted by molar-refractivity contribution is 5.30. The van der Waals surface area contributed by atoms with E-state index >= 15 is 0 Å². The average molecular weight is 188 g/mol. The van der Waals surface area contributed by atoms with Gasteiger partial charge in [0.2, 0.25) is 0 Å². The summed E-state index contributed by atoms with van der Waals surface area (Å²) in [5, 5.41) is 0. The fourth-order valence-corrected chi connectivity index (χ4v) is 2.63. The Hall–Kier alpha value is -0.890. The van der Waals surface area contributed by atoms with Crippen molar-refractivity contribution in [3.05, 3.63) is 29.6 Å². The second-order valence-electron chi connectivity index (χ2n) is 4.61. The van der Waals surface area contributed by atoms with Gasteiger partial charge in [0.05, 0.1) is 0 Å². The lowest BCUT2D eigenvalue weighted by Crippen LogP contribution is -2.29. The summed E-state index contributed by atoms with van der Waals surface area (Å²) in [6.45, 7) is 0. The van der Waals surface area contributed by atoms with Crippen LogP contribution in [0.3, 0.4) is 0 Å². The maximum Gasteiger partial charge on any atom is 0.0482 e. The Morgan fingerprint density at radius 2 is 2.21 bits per heavy atom. The number of fused-ring (bicyclic) bond motifs is 1. The quantitative estimate of drug-likeness (QED) is 0.769. The van der Waals surface area contributed by atoms with Gasteiger partial charge in [-0.05, 0) is 43.2 Å². The molecule has 0 radical (unpaired) electrons. The summed E-state index contributed by atoms with van der Waals surface area (Å²) < 4.78 is 0. The fraction of sp³-hybridized carbons (Fsp3) is 0.583. The number of nitrogens with zero attached hydrogens (tertiary/aromatic N) is 1. The van der Waals surface area contributed by atoms with Crippen molar-refractivity contribution in [3.8, 4) is 0 Å². The number of aromatic nitrogens is 1. The zero-order valence-corrected chi connectivity index (χ0v) is 8.32. The zero-order chi connectivity index (χ0) is 9.54. The third-order valence-electron chi connectivity index (χ3n) is 3.63. The summed E-state index contributed by atoms with van der Waals surface area (Å²) in [6, 6.07) is 4.59. The van der Waals surface area contributed by atoms with Crippen LogP contribution >= 0.6 is 0 Å². The molecule has 0 aliphatic heterocycles. The van der Waals surface area contributed by atoms with E-state index in [0.29, 0.717) is 12.0 Å². The Bertz CT molecular complexity index is 344. The van der Waals surface area contributed by atoms with Gasteiger partial charge in [-0.25, -0.2) is 0 Å². The van der Waals surface area contributed by atoms with Gasteiger partial charge in [0.15, 0.2) is 0 Å². The molecule has 2 aliphatic carbocycles. The van der Waals surface area contributed by atoms with Gasteiger partial charge >= 0.3 is 0 Å². The van der Waals surface area contributed by atoms with Crippen LogP contribution in [0.4, 0.5) is 0 Å². The highest BCUT2D eigenvalue weighted by atomic mass is 14.8. The molecule has 2 unspecified atom stereocenters. The van der Waals surface area contributed by atoms with Crippen molar-refractivity contribution in [3.63, 3.8) is 0 Å². The van der Waals surface area contributed by atoms with Crippen LogP contribution in [0.5, 0.6) is 0 Å². The van der Waals surface area contributed by atoms with Crippen LogP contribution in [0.25, 0.3) is 0 Å². The molecule has 14 heavy (non-hydrogen) atoms. The smallest absolute Gasteiger partial charge is 0.0482 e. The predicted molar refractivity (Wildman–Crippen MR) is 56.0 cm³/mol. The van der Waals surface area contributed by atoms with Crippen LogP contribution in [0, 0.1) is 5.92 Å². The summed E-state index contributed by atoms with van der Waals surface area (Å²) in [5.74, 6) is 1.33. The first-order chi connectivity index (χ1) is 6.86. The molecule has 74 valence electrons. The van der Waals surface area contributed by atoms with Crippen molar-refractivity contribution in [2.24, 2.45) is 11.7 Å². The van der Waals surface area contributed by atoms with E-state index in [-0.39, 0.29) is 0 Å². The zero-order valence-electron chi connectivity index (χ0n) is 8.32. The SMILES string of the molecule is NC(C1CC1)C1CCc2cccnc21. The largest absolute Gasteiger partial charge is 0.327 e. The third kappa shape index (κ3) is 1.25. The van der Waals surface area contributed by atoms with Gasteiger partial charge in [-0.2, -0.15) is 0 Å². The first-order valence-electron chi connectivity index (χ1n) is 5.55. The van der Waals surface area contributed by atoms with Gasteiger partial charge in [-0.3, -0.25) is 4.98 Å². The third-order valence-corrected chi connectivity index (χ3v) is 3.63. The standard InChI is InChI=1S/C12H16N2/c13-11(8-3-4-8)10-6-5-9-2-1-7-14-12(9)10/h1-2,7-8,10-11H,3-6,13H2.